The fourth-order valence-electron chi connectivity index (χ4n) is 3.33. The molecule has 144 valence electrons. The maximum absolute atomic E-state index is 13.3. The molecule has 26 heavy (non-hydrogen) atoms. The quantitative estimate of drug-likeness (QED) is 0.768. The Labute approximate surface area is 151 Å². The Hall–Kier alpha value is -1.58. The van der Waals surface area contributed by atoms with E-state index in [1.165, 1.54) is 11.0 Å². The van der Waals surface area contributed by atoms with Crippen LogP contribution < -0.4 is 0 Å². The Morgan fingerprint density at radius 3 is 2.62 bits per heavy atom. The lowest BCUT2D eigenvalue weighted by molar-refractivity contribution is -0.121. The molecule has 2 fully saturated rings. The van der Waals surface area contributed by atoms with Gasteiger partial charge in [0.05, 0.1) is 30.7 Å². The topological polar surface area (TPSA) is 66.9 Å². The lowest BCUT2D eigenvalue weighted by Gasteiger charge is -2.52. The molecule has 0 unspecified atom stereocenters. The first-order valence-electron chi connectivity index (χ1n) is 8.44. The minimum atomic E-state index is -3.34. The smallest absolute Gasteiger partial charge is 0.254 e. The van der Waals surface area contributed by atoms with E-state index in [-0.39, 0.29) is 31.0 Å². The highest BCUT2D eigenvalue weighted by Crippen LogP contribution is 2.33. The summed E-state index contributed by atoms with van der Waals surface area (Å²) < 4.78 is 57.2. The van der Waals surface area contributed by atoms with Crippen LogP contribution in [-0.4, -0.2) is 80.6 Å². The maximum atomic E-state index is 13.3. The molecule has 0 N–H and O–H groups in total. The van der Waals surface area contributed by atoms with Crippen molar-refractivity contribution >= 4 is 15.7 Å². The molecule has 0 aromatic heterocycles. The van der Waals surface area contributed by atoms with Gasteiger partial charge in [-0.25, -0.2) is 17.2 Å². The van der Waals surface area contributed by atoms with Gasteiger partial charge in [-0.15, -0.1) is 0 Å². The molecule has 2 saturated heterocycles. The van der Waals surface area contributed by atoms with Crippen molar-refractivity contribution < 1.29 is 26.7 Å². The maximum Gasteiger partial charge on any atom is 0.254 e. The van der Waals surface area contributed by atoms with Gasteiger partial charge in [0.1, 0.15) is 5.60 Å². The number of hydrogen-bond acceptors (Lipinski definition) is 5. The van der Waals surface area contributed by atoms with E-state index in [0.29, 0.717) is 6.54 Å². The van der Waals surface area contributed by atoms with Crippen molar-refractivity contribution in [3.05, 3.63) is 35.4 Å². The number of benzene rings is 1. The molecule has 9 heteroatoms. The van der Waals surface area contributed by atoms with Crippen LogP contribution >= 0.6 is 0 Å². The second-order valence-electron chi connectivity index (χ2n) is 7.07. The van der Waals surface area contributed by atoms with Gasteiger partial charge in [-0.05, 0) is 31.8 Å². The molecule has 0 saturated carbocycles. The predicted octanol–water partition coefficient (Wildman–Crippen LogP) is 0.925. The third kappa shape index (κ3) is 3.60. The summed E-state index contributed by atoms with van der Waals surface area (Å²) in [6.45, 7) is 3.45. The van der Waals surface area contributed by atoms with E-state index in [1.807, 2.05) is 18.9 Å². The standard InChI is InChI=1S/C17H22F2N2O4S/c1-3-20(2)7-13-8-25-17(11-26(13,23)24)9-21(10-17)16(22)12-4-5-14(18)15(19)6-12/h4-6,13H,3,7-11H2,1-2H3/t13-/m0/s1. The summed E-state index contributed by atoms with van der Waals surface area (Å²) in [6, 6.07) is 2.95. The number of amides is 1. The molecular formula is C17H22F2N2O4S. The van der Waals surface area contributed by atoms with Crippen LogP contribution in [0.15, 0.2) is 18.2 Å². The lowest BCUT2D eigenvalue weighted by Crippen LogP contribution is -2.71. The number of rotatable bonds is 4. The van der Waals surface area contributed by atoms with Crippen molar-refractivity contribution in [2.24, 2.45) is 0 Å². The first kappa shape index (κ1) is 19.2. The highest BCUT2D eigenvalue weighted by molar-refractivity contribution is 7.92. The Bertz CT molecular complexity index is 809. The Kier molecular flexibility index (Phi) is 5.06. The number of carbonyl (C=O) groups is 1. The Balaban J connectivity index is 1.64. The molecule has 1 atom stereocenters. The van der Waals surface area contributed by atoms with Crippen LogP contribution in [0.3, 0.4) is 0 Å². The molecule has 1 amide bonds. The minimum absolute atomic E-state index is 0.0277. The van der Waals surface area contributed by atoms with Gasteiger partial charge in [-0.3, -0.25) is 4.79 Å². The van der Waals surface area contributed by atoms with Gasteiger partial charge in [0.25, 0.3) is 5.91 Å². The SMILES string of the molecule is CCN(C)C[C@H]1COC2(CN(C(=O)c3ccc(F)c(F)c3)C2)CS1(=O)=O. The summed E-state index contributed by atoms with van der Waals surface area (Å²) in [6.07, 6.45) is 0. The van der Waals surface area contributed by atoms with Crippen molar-refractivity contribution in [1.82, 2.24) is 9.80 Å². The first-order chi connectivity index (χ1) is 12.2. The van der Waals surface area contributed by atoms with Gasteiger partial charge in [0, 0.05) is 12.1 Å². The van der Waals surface area contributed by atoms with Crippen molar-refractivity contribution in [3.8, 4) is 0 Å². The third-order valence-corrected chi connectivity index (χ3v) is 7.24. The fraction of sp³-hybridized carbons (Fsp3) is 0.588. The Morgan fingerprint density at radius 1 is 1.35 bits per heavy atom. The fourth-order valence-corrected chi connectivity index (χ4v) is 5.32. The average molecular weight is 388 g/mol. The van der Waals surface area contributed by atoms with Crippen LogP contribution in [0.5, 0.6) is 0 Å². The molecule has 2 aliphatic heterocycles. The normalized spacial score (nSPS) is 23.9. The van der Waals surface area contributed by atoms with E-state index in [1.54, 1.807) is 0 Å². The van der Waals surface area contributed by atoms with Gasteiger partial charge in [0.2, 0.25) is 0 Å². The number of halogens is 2. The second-order valence-corrected chi connectivity index (χ2v) is 9.35. The zero-order valence-corrected chi connectivity index (χ0v) is 15.6. The summed E-state index contributed by atoms with van der Waals surface area (Å²) in [4.78, 5) is 15.7. The van der Waals surface area contributed by atoms with Gasteiger partial charge >= 0.3 is 0 Å². The van der Waals surface area contributed by atoms with Crippen LogP contribution in [0.25, 0.3) is 0 Å². The summed E-state index contributed by atoms with van der Waals surface area (Å²) >= 11 is 0. The molecule has 0 radical (unpaired) electrons. The van der Waals surface area contributed by atoms with Gasteiger partial charge < -0.3 is 14.5 Å². The van der Waals surface area contributed by atoms with E-state index in [9.17, 15) is 22.0 Å². The number of nitrogens with zero attached hydrogens (tertiary/aromatic N) is 2. The molecule has 1 spiro atoms. The van der Waals surface area contributed by atoms with Gasteiger partial charge in [0.15, 0.2) is 21.5 Å². The summed E-state index contributed by atoms with van der Waals surface area (Å²) in [7, 11) is -1.48. The lowest BCUT2D eigenvalue weighted by atomic mass is 9.94. The highest BCUT2D eigenvalue weighted by atomic mass is 32.2. The number of likely N-dealkylation sites (tertiary alicyclic amines) is 1. The van der Waals surface area contributed by atoms with E-state index in [4.69, 9.17) is 4.74 Å². The molecular weight excluding hydrogens is 366 g/mol. The Morgan fingerprint density at radius 2 is 2.04 bits per heavy atom. The zero-order valence-electron chi connectivity index (χ0n) is 14.7. The monoisotopic (exact) mass is 388 g/mol. The summed E-state index contributed by atoms with van der Waals surface area (Å²) in [5.41, 5.74) is -0.867. The molecule has 2 aliphatic rings. The van der Waals surface area contributed by atoms with Crippen molar-refractivity contribution in [1.29, 1.82) is 0 Å². The van der Waals surface area contributed by atoms with Crippen LogP contribution in [0.2, 0.25) is 0 Å². The number of carbonyl (C=O) groups excluding carboxylic acids is 1. The summed E-state index contributed by atoms with van der Waals surface area (Å²) in [5.74, 6) is -2.72. The second kappa shape index (κ2) is 6.86. The van der Waals surface area contributed by atoms with E-state index in [2.05, 4.69) is 0 Å². The van der Waals surface area contributed by atoms with Crippen LogP contribution in [0, 0.1) is 11.6 Å². The molecule has 6 nitrogen and oxygen atoms in total. The zero-order chi connectivity index (χ0) is 19.1. The van der Waals surface area contributed by atoms with Crippen LogP contribution in [0.4, 0.5) is 8.78 Å². The third-order valence-electron chi connectivity index (χ3n) is 5.01. The molecule has 0 aliphatic carbocycles. The van der Waals surface area contributed by atoms with Crippen LogP contribution in [-0.2, 0) is 14.6 Å². The van der Waals surface area contributed by atoms with E-state index >= 15 is 0 Å². The number of ether oxygens (including phenoxy) is 1. The first-order valence-corrected chi connectivity index (χ1v) is 10.2. The molecule has 1 aromatic rings. The summed E-state index contributed by atoms with van der Waals surface area (Å²) in [5, 5.41) is -0.575. The van der Waals surface area contributed by atoms with Gasteiger partial charge in [-0.2, -0.15) is 0 Å². The minimum Gasteiger partial charge on any atom is -0.369 e. The number of sulfone groups is 1. The molecule has 0 bridgehead atoms. The van der Waals surface area contributed by atoms with Crippen molar-refractivity contribution in [3.63, 3.8) is 0 Å². The molecule has 1 aromatic carbocycles. The van der Waals surface area contributed by atoms with Gasteiger partial charge in [-0.1, -0.05) is 6.92 Å². The largest absolute Gasteiger partial charge is 0.369 e. The molecule has 3 rings (SSSR count). The van der Waals surface area contributed by atoms with Crippen LogP contribution in [0.1, 0.15) is 17.3 Å². The predicted molar refractivity (Wildman–Crippen MR) is 91.7 cm³/mol. The molecule has 2 heterocycles. The average Bonchev–Trinajstić information content (AvgIpc) is 2.56. The highest BCUT2D eigenvalue weighted by Gasteiger charge is 2.53. The van der Waals surface area contributed by atoms with E-state index in [0.717, 1.165) is 18.7 Å². The number of hydrogen-bond donors (Lipinski definition) is 0. The van der Waals surface area contributed by atoms with E-state index < -0.39 is 38.2 Å². The van der Waals surface area contributed by atoms with Crippen molar-refractivity contribution in [2.45, 2.75) is 17.8 Å². The van der Waals surface area contributed by atoms with Crippen molar-refractivity contribution in [2.75, 3.05) is 45.6 Å².